The van der Waals surface area contributed by atoms with Crippen molar-refractivity contribution in [3.63, 3.8) is 0 Å². The Kier molecular flexibility index (Phi) is 9.40. The van der Waals surface area contributed by atoms with Gasteiger partial charge in [0.1, 0.15) is 29.8 Å². The van der Waals surface area contributed by atoms with Crippen molar-refractivity contribution in [1.29, 1.82) is 0 Å². The molecular weight excluding hydrogens is 539 g/mol. The summed E-state index contributed by atoms with van der Waals surface area (Å²) in [6, 6.07) is 7.61. The van der Waals surface area contributed by atoms with Crippen molar-refractivity contribution in [3.8, 4) is 5.75 Å². The lowest BCUT2D eigenvalue weighted by Crippen LogP contribution is -2.58. The summed E-state index contributed by atoms with van der Waals surface area (Å²) in [7, 11) is 3.21. The van der Waals surface area contributed by atoms with Crippen LogP contribution in [0.3, 0.4) is 0 Å². The van der Waals surface area contributed by atoms with Crippen molar-refractivity contribution in [1.82, 2.24) is 25.5 Å². The number of nitrogens with zero attached hydrogens (tertiary/aromatic N) is 3. The van der Waals surface area contributed by atoms with Gasteiger partial charge in [0.2, 0.25) is 11.8 Å². The molecule has 0 unspecified atom stereocenters. The van der Waals surface area contributed by atoms with Crippen LogP contribution in [0.5, 0.6) is 5.75 Å². The van der Waals surface area contributed by atoms with Gasteiger partial charge in [-0.2, -0.15) is 0 Å². The summed E-state index contributed by atoms with van der Waals surface area (Å²) in [5.74, 6) is -0.00678. The molecule has 0 saturated carbocycles. The van der Waals surface area contributed by atoms with Crippen LogP contribution in [0.2, 0.25) is 0 Å². The topological polar surface area (TPSA) is 126 Å². The average Bonchev–Trinajstić information content (AvgIpc) is 3.46. The van der Waals surface area contributed by atoms with E-state index in [0.29, 0.717) is 53.1 Å². The molecular formula is C31H39FN6O4. The number of hydrogen-bond donors (Lipinski definition) is 3. The first-order valence-electron chi connectivity index (χ1n) is 14.1. The third-order valence-corrected chi connectivity index (χ3v) is 7.64. The van der Waals surface area contributed by atoms with Gasteiger partial charge in [-0.05, 0) is 62.6 Å². The number of amides is 2. The van der Waals surface area contributed by atoms with Gasteiger partial charge in [0.15, 0.2) is 5.78 Å². The molecule has 1 aliphatic rings. The Balaban J connectivity index is 1.59. The second-order valence-corrected chi connectivity index (χ2v) is 11.7. The van der Waals surface area contributed by atoms with Gasteiger partial charge in [-0.3, -0.25) is 14.4 Å². The molecule has 0 spiro atoms. The highest BCUT2D eigenvalue weighted by molar-refractivity contribution is 5.97. The maximum absolute atomic E-state index is 13.8. The molecule has 224 valence electrons. The molecule has 0 bridgehead atoms. The van der Waals surface area contributed by atoms with Gasteiger partial charge in [0, 0.05) is 35.7 Å². The Morgan fingerprint density at radius 1 is 1.14 bits per heavy atom. The van der Waals surface area contributed by atoms with E-state index in [2.05, 4.69) is 25.9 Å². The van der Waals surface area contributed by atoms with Crippen LogP contribution in [0.15, 0.2) is 42.7 Å². The molecule has 4 rings (SSSR count). The number of nitrogens with one attached hydrogen (secondary N) is 3. The van der Waals surface area contributed by atoms with Crippen LogP contribution in [-0.4, -0.2) is 71.3 Å². The van der Waals surface area contributed by atoms with Crippen LogP contribution in [0.1, 0.15) is 46.1 Å². The standard InChI is InChI=1S/C31H39FN6O4/c1-18(33-5)29(40)37-27(31(2,3)4)30(41)38-13-7-8-24(38)25(39)15-19-14-22-23(16-26(19)42-6)34-17-35-28(22)36-21-11-9-20(32)10-12-21/h9-12,14,16-18,24,27,33H,7-8,13,15H2,1-6H3,(H,37,40)(H,34,35,36)/t18-,24-,27+/m0/s1. The number of Topliss-reactive ketones (excluding diaryl/α,β-unsaturated/α-hetero) is 1. The van der Waals surface area contributed by atoms with E-state index in [4.69, 9.17) is 4.74 Å². The number of halogens is 1. The fraction of sp³-hybridized carbons (Fsp3) is 0.452. The van der Waals surface area contributed by atoms with Gasteiger partial charge in [-0.1, -0.05) is 20.8 Å². The van der Waals surface area contributed by atoms with E-state index in [1.165, 1.54) is 25.6 Å². The maximum Gasteiger partial charge on any atom is 0.246 e. The largest absolute Gasteiger partial charge is 0.496 e. The highest BCUT2D eigenvalue weighted by Gasteiger charge is 2.42. The van der Waals surface area contributed by atoms with E-state index in [1.807, 2.05) is 26.8 Å². The zero-order valence-corrected chi connectivity index (χ0v) is 25.0. The number of likely N-dealkylation sites (N-methyl/N-ethyl adjacent to an activating group) is 1. The van der Waals surface area contributed by atoms with Crippen LogP contribution in [0.4, 0.5) is 15.9 Å². The molecule has 2 heterocycles. The fourth-order valence-corrected chi connectivity index (χ4v) is 5.11. The molecule has 2 amide bonds. The first-order chi connectivity index (χ1) is 19.9. The van der Waals surface area contributed by atoms with Crippen molar-refractivity contribution in [2.75, 3.05) is 26.0 Å². The van der Waals surface area contributed by atoms with Crippen LogP contribution >= 0.6 is 0 Å². The lowest BCUT2D eigenvalue weighted by molar-refractivity contribution is -0.143. The minimum Gasteiger partial charge on any atom is -0.496 e. The van der Waals surface area contributed by atoms with Gasteiger partial charge < -0.3 is 25.6 Å². The number of methoxy groups -OCH3 is 1. The predicted molar refractivity (Wildman–Crippen MR) is 159 cm³/mol. The number of benzene rings is 2. The monoisotopic (exact) mass is 578 g/mol. The minimum atomic E-state index is -0.790. The molecule has 42 heavy (non-hydrogen) atoms. The quantitative estimate of drug-likeness (QED) is 0.332. The Labute approximate surface area is 245 Å². The summed E-state index contributed by atoms with van der Waals surface area (Å²) in [5, 5.41) is 9.65. The maximum atomic E-state index is 13.8. The molecule has 1 saturated heterocycles. The Bertz CT molecular complexity index is 1460. The van der Waals surface area contributed by atoms with Crippen LogP contribution < -0.4 is 20.7 Å². The molecule has 11 heteroatoms. The number of ether oxygens (including phenoxy) is 1. The van der Waals surface area contributed by atoms with E-state index in [1.54, 1.807) is 37.1 Å². The molecule has 1 aliphatic heterocycles. The Morgan fingerprint density at radius 3 is 2.50 bits per heavy atom. The zero-order valence-electron chi connectivity index (χ0n) is 25.0. The molecule has 1 aromatic heterocycles. The Hall–Kier alpha value is -4.12. The average molecular weight is 579 g/mol. The number of hydrogen-bond acceptors (Lipinski definition) is 8. The number of ketones is 1. The zero-order chi connectivity index (χ0) is 30.6. The van der Waals surface area contributed by atoms with E-state index >= 15 is 0 Å². The summed E-state index contributed by atoms with van der Waals surface area (Å²) in [5.41, 5.74) is 1.33. The molecule has 3 atom stereocenters. The van der Waals surface area contributed by atoms with Gasteiger partial charge in [-0.15, -0.1) is 0 Å². The second kappa shape index (κ2) is 12.8. The van der Waals surface area contributed by atoms with Crippen LogP contribution in [0.25, 0.3) is 10.9 Å². The molecule has 0 radical (unpaired) electrons. The highest BCUT2D eigenvalue weighted by Crippen LogP contribution is 2.32. The number of fused-ring (bicyclic) bond motifs is 1. The summed E-state index contributed by atoms with van der Waals surface area (Å²) in [6.45, 7) is 7.85. The van der Waals surface area contributed by atoms with Crippen molar-refractivity contribution in [2.24, 2.45) is 5.41 Å². The first-order valence-corrected chi connectivity index (χ1v) is 14.1. The van der Waals surface area contributed by atoms with Gasteiger partial charge in [-0.25, -0.2) is 14.4 Å². The number of carbonyl (C=O) groups excluding carboxylic acids is 3. The lowest BCUT2D eigenvalue weighted by atomic mass is 9.85. The number of aromatic nitrogens is 2. The smallest absolute Gasteiger partial charge is 0.246 e. The third-order valence-electron chi connectivity index (χ3n) is 7.64. The summed E-state index contributed by atoms with van der Waals surface area (Å²) in [6.07, 6.45) is 2.68. The summed E-state index contributed by atoms with van der Waals surface area (Å²) >= 11 is 0. The normalized spacial score (nSPS) is 16.6. The molecule has 3 N–H and O–H groups in total. The second-order valence-electron chi connectivity index (χ2n) is 11.7. The van der Waals surface area contributed by atoms with Crippen molar-refractivity contribution < 1.29 is 23.5 Å². The first kappa shape index (κ1) is 30.8. The molecule has 1 fully saturated rings. The summed E-state index contributed by atoms with van der Waals surface area (Å²) in [4.78, 5) is 50.6. The van der Waals surface area contributed by atoms with E-state index in [-0.39, 0.29) is 29.8 Å². The molecule has 0 aliphatic carbocycles. The number of carbonyl (C=O) groups is 3. The van der Waals surface area contributed by atoms with Gasteiger partial charge in [0.05, 0.1) is 24.7 Å². The molecule has 3 aromatic rings. The number of rotatable bonds is 10. The van der Waals surface area contributed by atoms with E-state index in [9.17, 15) is 18.8 Å². The van der Waals surface area contributed by atoms with Crippen LogP contribution in [0, 0.1) is 11.2 Å². The number of anilines is 2. The SMILES string of the molecule is CN[C@@H](C)C(=O)N[C@H](C(=O)N1CCC[C@H]1C(=O)Cc1cc2c(Nc3ccc(F)cc3)ncnc2cc1OC)C(C)(C)C. The van der Waals surface area contributed by atoms with E-state index < -0.39 is 23.5 Å². The molecule has 2 aromatic carbocycles. The minimum absolute atomic E-state index is 0.0295. The lowest BCUT2D eigenvalue weighted by Gasteiger charge is -2.36. The van der Waals surface area contributed by atoms with Crippen LogP contribution in [-0.2, 0) is 20.8 Å². The van der Waals surface area contributed by atoms with Crippen molar-refractivity contribution >= 4 is 40.0 Å². The summed E-state index contributed by atoms with van der Waals surface area (Å²) < 4.78 is 19.0. The van der Waals surface area contributed by atoms with Gasteiger partial charge >= 0.3 is 0 Å². The Morgan fingerprint density at radius 2 is 1.86 bits per heavy atom. The molecule has 10 nitrogen and oxygen atoms in total. The van der Waals surface area contributed by atoms with Crippen molar-refractivity contribution in [2.45, 2.75) is 65.1 Å². The third kappa shape index (κ3) is 6.84. The highest BCUT2D eigenvalue weighted by atomic mass is 19.1. The predicted octanol–water partition coefficient (Wildman–Crippen LogP) is 3.76. The van der Waals surface area contributed by atoms with Crippen molar-refractivity contribution in [3.05, 3.63) is 54.1 Å². The van der Waals surface area contributed by atoms with E-state index in [0.717, 1.165) is 0 Å². The number of likely N-dealkylation sites (tertiary alicyclic amines) is 1. The van der Waals surface area contributed by atoms with Gasteiger partial charge in [0.25, 0.3) is 0 Å². The fourth-order valence-electron chi connectivity index (χ4n) is 5.11.